The molecule has 0 saturated carbocycles. The number of rotatable bonds is 8. The van der Waals surface area contributed by atoms with Crippen molar-refractivity contribution >= 4 is 15.7 Å². The van der Waals surface area contributed by atoms with Gasteiger partial charge < -0.3 is 14.8 Å². The normalized spacial score (nSPS) is 15.9. The van der Waals surface area contributed by atoms with Crippen molar-refractivity contribution in [3.8, 4) is 11.5 Å². The van der Waals surface area contributed by atoms with Gasteiger partial charge in [-0.1, -0.05) is 6.07 Å². The zero-order valence-electron chi connectivity index (χ0n) is 15.1. The van der Waals surface area contributed by atoms with Crippen LogP contribution in [0.15, 0.2) is 18.2 Å². The Labute approximate surface area is 149 Å². The third-order valence-corrected chi connectivity index (χ3v) is 5.29. The van der Waals surface area contributed by atoms with Crippen LogP contribution in [0.1, 0.15) is 25.8 Å². The van der Waals surface area contributed by atoms with Gasteiger partial charge in [0.25, 0.3) is 0 Å². The average Bonchev–Trinajstić information content (AvgIpc) is 2.99. The van der Waals surface area contributed by atoms with Crippen molar-refractivity contribution in [2.75, 3.05) is 25.8 Å². The Hall–Kier alpha value is -1.80. The Morgan fingerprint density at radius 2 is 1.96 bits per heavy atom. The molecular formula is C17H26N2O5S. The van der Waals surface area contributed by atoms with Crippen molar-refractivity contribution in [2.24, 2.45) is 0 Å². The number of hydrogen-bond acceptors (Lipinski definition) is 6. The Balaban J connectivity index is 1.86. The molecule has 1 aliphatic heterocycles. The summed E-state index contributed by atoms with van der Waals surface area (Å²) < 4.78 is 33.0. The molecule has 2 atom stereocenters. The van der Waals surface area contributed by atoms with E-state index in [1.165, 1.54) is 0 Å². The van der Waals surface area contributed by atoms with Gasteiger partial charge in [0.05, 0.1) is 11.9 Å². The van der Waals surface area contributed by atoms with Gasteiger partial charge in [-0.2, -0.15) is 0 Å². The largest absolute Gasteiger partial charge is 0.454 e. The second-order valence-corrected chi connectivity index (χ2v) is 8.79. The second kappa shape index (κ2) is 8.05. The van der Waals surface area contributed by atoms with E-state index in [-0.39, 0.29) is 37.1 Å². The highest BCUT2D eigenvalue weighted by molar-refractivity contribution is 7.90. The number of sulfone groups is 1. The van der Waals surface area contributed by atoms with Crippen LogP contribution in [0.25, 0.3) is 0 Å². The van der Waals surface area contributed by atoms with E-state index in [2.05, 4.69) is 12.2 Å². The van der Waals surface area contributed by atoms with E-state index in [1.54, 1.807) is 0 Å². The van der Waals surface area contributed by atoms with Crippen LogP contribution in [0, 0.1) is 0 Å². The summed E-state index contributed by atoms with van der Waals surface area (Å²) in [7, 11) is -1.20. The molecule has 1 N–H and O–H groups in total. The highest BCUT2D eigenvalue weighted by Gasteiger charge is 2.20. The first-order valence-electron chi connectivity index (χ1n) is 8.23. The van der Waals surface area contributed by atoms with Crippen LogP contribution in [0.4, 0.5) is 0 Å². The van der Waals surface area contributed by atoms with Crippen LogP contribution in [0.2, 0.25) is 0 Å². The summed E-state index contributed by atoms with van der Waals surface area (Å²) in [6.07, 6.45) is 1.70. The molecule has 25 heavy (non-hydrogen) atoms. The second-order valence-electron chi connectivity index (χ2n) is 6.53. The van der Waals surface area contributed by atoms with Crippen LogP contribution in [-0.2, 0) is 21.1 Å². The number of hydrogen-bond donors (Lipinski definition) is 1. The SMILES string of the molecule is CC(Cc1ccc2c(c1)OCO2)N(C)C(C)NC(=O)CCS(C)(=O)=O. The van der Waals surface area contributed by atoms with E-state index >= 15 is 0 Å². The lowest BCUT2D eigenvalue weighted by Gasteiger charge is -2.31. The molecule has 1 heterocycles. The fraction of sp³-hybridized carbons (Fsp3) is 0.588. The minimum absolute atomic E-state index is 0.0203. The van der Waals surface area contributed by atoms with Gasteiger partial charge in [-0.05, 0) is 45.0 Å². The monoisotopic (exact) mass is 370 g/mol. The molecule has 1 aliphatic rings. The summed E-state index contributed by atoms with van der Waals surface area (Å²) in [4.78, 5) is 13.9. The first-order valence-corrected chi connectivity index (χ1v) is 10.3. The lowest BCUT2D eigenvalue weighted by Crippen LogP contribution is -2.48. The Morgan fingerprint density at radius 1 is 1.28 bits per heavy atom. The minimum atomic E-state index is -3.13. The van der Waals surface area contributed by atoms with E-state index in [0.29, 0.717) is 0 Å². The maximum Gasteiger partial charge on any atom is 0.231 e. The summed E-state index contributed by atoms with van der Waals surface area (Å²) in [5, 5.41) is 2.84. The molecule has 0 aromatic heterocycles. The minimum Gasteiger partial charge on any atom is -0.454 e. The van der Waals surface area contributed by atoms with Crippen LogP contribution in [-0.4, -0.2) is 57.3 Å². The molecule has 0 fully saturated rings. The number of fused-ring (bicyclic) bond motifs is 1. The third kappa shape index (κ3) is 5.89. The molecule has 1 aromatic rings. The van der Waals surface area contributed by atoms with Gasteiger partial charge in [0.1, 0.15) is 9.84 Å². The van der Waals surface area contributed by atoms with E-state index in [4.69, 9.17) is 9.47 Å². The van der Waals surface area contributed by atoms with Crippen molar-refractivity contribution in [2.45, 2.75) is 38.9 Å². The number of nitrogens with one attached hydrogen (secondary N) is 1. The van der Waals surface area contributed by atoms with Gasteiger partial charge >= 0.3 is 0 Å². The number of carbonyl (C=O) groups is 1. The number of benzene rings is 1. The van der Waals surface area contributed by atoms with Crippen molar-refractivity contribution in [1.29, 1.82) is 0 Å². The van der Waals surface area contributed by atoms with Gasteiger partial charge in [-0.15, -0.1) is 0 Å². The van der Waals surface area contributed by atoms with Gasteiger partial charge in [0.2, 0.25) is 12.7 Å². The molecule has 0 saturated heterocycles. The zero-order valence-corrected chi connectivity index (χ0v) is 15.9. The quantitative estimate of drug-likeness (QED) is 0.692. The molecule has 2 unspecified atom stereocenters. The van der Waals surface area contributed by atoms with Gasteiger partial charge in [-0.3, -0.25) is 9.69 Å². The van der Waals surface area contributed by atoms with Crippen LogP contribution >= 0.6 is 0 Å². The standard InChI is InChI=1S/C17H26N2O5S/c1-12(9-14-5-6-15-16(10-14)24-11-23-15)19(3)13(2)18-17(20)7-8-25(4,21)22/h5-6,10,12-13H,7-9,11H2,1-4H3,(H,18,20). The molecule has 140 valence electrons. The highest BCUT2D eigenvalue weighted by atomic mass is 32.2. The smallest absolute Gasteiger partial charge is 0.231 e. The number of amides is 1. The Bertz CT molecular complexity index is 720. The average molecular weight is 370 g/mol. The lowest BCUT2D eigenvalue weighted by molar-refractivity contribution is -0.122. The van der Waals surface area contributed by atoms with Crippen LogP contribution in [0.3, 0.4) is 0 Å². The highest BCUT2D eigenvalue weighted by Crippen LogP contribution is 2.32. The van der Waals surface area contributed by atoms with Gasteiger partial charge in [-0.25, -0.2) is 8.42 Å². The number of likely N-dealkylation sites (N-methyl/N-ethyl adjacent to an activating group) is 1. The summed E-state index contributed by atoms with van der Waals surface area (Å²) in [6.45, 7) is 4.21. The zero-order chi connectivity index (χ0) is 18.6. The van der Waals surface area contributed by atoms with Crippen molar-refractivity contribution in [3.63, 3.8) is 0 Å². The van der Waals surface area contributed by atoms with Crippen molar-refractivity contribution in [3.05, 3.63) is 23.8 Å². The predicted octanol–water partition coefficient (Wildman–Crippen LogP) is 1.18. The third-order valence-electron chi connectivity index (χ3n) is 4.34. The van der Waals surface area contributed by atoms with Crippen molar-refractivity contribution in [1.82, 2.24) is 10.2 Å². The van der Waals surface area contributed by atoms with Crippen LogP contribution in [0.5, 0.6) is 11.5 Å². The van der Waals surface area contributed by atoms with Crippen molar-refractivity contribution < 1.29 is 22.7 Å². The van der Waals surface area contributed by atoms with Gasteiger partial charge in [0.15, 0.2) is 11.5 Å². The Kier molecular flexibility index (Phi) is 6.29. The Morgan fingerprint density at radius 3 is 2.64 bits per heavy atom. The molecule has 0 aliphatic carbocycles. The van der Waals surface area contributed by atoms with E-state index < -0.39 is 9.84 Å². The van der Waals surface area contributed by atoms with Crippen LogP contribution < -0.4 is 14.8 Å². The molecule has 0 bridgehead atoms. The van der Waals surface area contributed by atoms with E-state index in [1.807, 2.05) is 37.1 Å². The first-order chi connectivity index (χ1) is 11.7. The lowest BCUT2D eigenvalue weighted by atomic mass is 10.1. The fourth-order valence-electron chi connectivity index (χ4n) is 2.62. The first kappa shape index (κ1) is 19.5. The van der Waals surface area contributed by atoms with E-state index in [9.17, 15) is 13.2 Å². The maximum absolute atomic E-state index is 11.9. The maximum atomic E-state index is 11.9. The molecule has 0 spiro atoms. The molecule has 7 nitrogen and oxygen atoms in total. The molecular weight excluding hydrogens is 344 g/mol. The molecule has 1 amide bonds. The number of nitrogens with zero attached hydrogens (tertiary/aromatic N) is 1. The van der Waals surface area contributed by atoms with E-state index in [0.717, 1.165) is 29.7 Å². The molecule has 1 aromatic carbocycles. The predicted molar refractivity (Wildman–Crippen MR) is 95.4 cm³/mol. The summed E-state index contributed by atoms with van der Waals surface area (Å²) in [5.74, 6) is 1.12. The molecule has 0 radical (unpaired) electrons. The van der Waals surface area contributed by atoms with Gasteiger partial charge in [0, 0.05) is 18.7 Å². The summed E-state index contributed by atoms with van der Waals surface area (Å²) in [5.41, 5.74) is 1.12. The molecule has 2 rings (SSSR count). The fourth-order valence-corrected chi connectivity index (χ4v) is 3.18. The topological polar surface area (TPSA) is 84.9 Å². The number of carbonyl (C=O) groups excluding carboxylic acids is 1. The number of ether oxygens (including phenoxy) is 2. The summed E-state index contributed by atoms with van der Waals surface area (Å²) >= 11 is 0. The summed E-state index contributed by atoms with van der Waals surface area (Å²) in [6, 6.07) is 6.06. The molecule has 8 heteroatoms.